The Labute approximate surface area is 125 Å². The van der Waals surface area contributed by atoms with Crippen molar-refractivity contribution in [3.63, 3.8) is 0 Å². The van der Waals surface area contributed by atoms with E-state index in [1.54, 1.807) is 31.2 Å². The number of carbonyl (C=O) groups is 1. The van der Waals surface area contributed by atoms with Gasteiger partial charge >= 0.3 is 6.03 Å². The number of urea groups is 1. The van der Waals surface area contributed by atoms with Crippen LogP contribution in [-0.4, -0.2) is 23.8 Å². The summed E-state index contributed by atoms with van der Waals surface area (Å²) in [5, 5.41) is 20.9. The van der Waals surface area contributed by atoms with Crippen LogP contribution < -0.4 is 16.2 Å². The molecule has 1 aromatic rings. The standard InChI is InChI=1S/C15H22N4O2/c1-11(20)8-15(2,3)10-17-14(21)19-18-13-6-4-5-12(7-13)9-16/h4-7,11,18,20H,8,10H2,1-3H3,(H2,17,19,21). The van der Waals surface area contributed by atoms with Crippen molar-refractivity contribution in [2.75, 3.05) is 12.0 Å². The van der Waals surface area contributed by atoms with Crippen LogP contribution in [-0.2, 0) is 0 Å². The summed E-state index contributed by atoms with van der Waals surface area (Å²) in [7, 11) is 0. The van der Waals surface area contributed by atoms with Crippen molar-refractivity contribution >= 4 is 11.7 Å². The maximum atomic E-state index is 11.7. The minimum atomic E-state index is -0.406. The lowest BCUT2D eigenvalue weighted by atomic mass is 9.87. The molecule has 0 aliphatic rings. The first kappa shape index (κ1) is 16.8. The number of rotatable bonds is 6. The lowest BCUT2D eigenvalue weighted by molar-refractivity contribution is 0.129. The van der Waals surface area contributed by atoms with Crippen molar-refractivity contribution in [3.05, 3.63) is 29.8 Å². The number of hydrogen-bond acceptors (Lipinski definition) is 4. The topological polar surface area (TPSA) is 97.2 Å². The fourth-order valence-electron chi connectivity index (χ4n) is 2.03. The number of aliphatic hydroxyl groups excluding tert-OH is 1. The fraction of sp³-hybridized carbons (Fsp3) is 0.467. The fourth-order valence-corrected chi connectivity index (χ4v) is 2.03. The Kier molecular flexibility index (Phi) is 6.00. The van der Waals surface area contributed by atoms with Crippen LogP contribution in [0.15, 0.2) is 24.3 Å². The minimum absolute atomic E-state index is 0.188. The Balaban J connectivity index is 2.39. The Bertz CT molecular complexity index is 521. The highest BCUT2D eigenvalue weighted by atomic mass is 16.3. The SMILES string of the molecule is CC(O)CC(C)(C)CNC(=O)NNc1cccc(C#N)c1. The molecule has 0 aromatic heterocycles. The second kappa shape index (κ2) is 7.50. The van der Waals surface area contributed by atoms with E-state index in [0.717, 1.165) is 0 Å². The molecule has 1 aromatic carbocycles. The molecule has 0 spiro atoms. The third-order valence-electron chi connectivity index (χ3n) is 2.89. The second-order valence-electron chi connectivity index (χ2n) is 5.84. The highest BCUT2D eigenvalue weighted by Crippen LogP contribution is 2.20. The zero-order valence-electron chi connectivity index (χ0n) is 12.6. The van der Waals surface area contributed by atoms with Crippen molar-refractivity contribution < 1.29 is 9.90 Å². The van der Waals surface area contributed by atoms with E-state index in [1.165, 1.54) is 0 Å². The van der Waals surface area contributed by atoms with Gasteiger partial charge in [-0.05, 0) is 37.0 Å². The molecule has 0 bridgehead atoms. The highest BCUT2D eigenvalue weighted by Gasteiger charge is 2.20. The van der Waals surface area contributed by atoms with E-state index < -0.39 is 6.10 Å². The summed E-state index contributed by atoms with van der Waals surface area (Å²) in [6.45, 7) is 6.13. The average molecular weight is 290 g/mol. The van der Waals surface area contributed by atoms with Crippen molar-refractivity contribution in [3.8, 4) is 6.07 Å². The quantitative estimate of drug-likeness (QED) is 0.602. The molecule has 1 unspecified atom stereocenters. The molecule has 114 valence electrons. The summed E-state index contributed by atoms with van der Waals surface area (Å²) < 4.78 is 0. The first-order chi connectivity index (χ1) is 9.82. The predicted molar refractivity (Wildman–Crippen MR) is 81.4 cm³/mol. The summed E-state index contributed by atoms with van der Waals surface area (Å²) in [5.41, 5.74) is 6.20. The largest absolute Gasteiger partial charge is 0.393 e. The van der Waals surface area contributed by atoms with E-state index in [4.69, 9.17) is 5.26 Å². The smallest absolute Gasteiger partial charge is 0.333 e. The number of anilines is 1. The van der Waals surface area contributed by atoms with Crippen molar-refractivity contribution in [1.82, 2.24) is 10.7 Å². The van der Waals surface area contributed by atoms with Gasteiger partial charge in [0.2, 0.25) is 0 Å². The monoisotopic (exact) mass is 290 g/mol. The number of carbonyl (C=O) groups excluding carboxylic acids is 1. The molecule has 21 heavy (non-hydrogen) atoms. The zero-order valence-corrected chi connectivity index (χ0v) is 12.6. The average Bonchev–Trinajstić information content (AvgIpc) is 2.42. The molecule has 0 saturated heterocycles. The molecule has 2 amide bonds. The van der Waals surface area contributed by atoms with Crippen LogP contribution >= 0.6 is 0 Å². The van der Waals surface area contributed by atoms with E-state index in [-0.39, 0.29) is 11.4 Å². The first-order valence-corrected chi connectivity index (χ1v) is 6.80. The molecule has 4 N–H and O–H groups in total. The first-order valence-electron chi connectivity index (χ1n) is 6.80. The Morgan fingerprint density at radius 1 is 1.48 bits per heavy atom. The van der Waals surface area contributed by atoms with Crippen molar-refractivity contribution in [2.45, 2.75) is 33.3 Å². The number of nitriles is 1. The number of hydrogen-bond donors (Lipinski definition) is 4. The summed E-state index contributed by atoms with van der Waals surface area (Å²) >= 11 is 0. The van der Waals surface area contributed by atoms with Gasteiger partial charge in [-0.3, -0.25) is 10.9 Å². The molecule has 0 aliphatic carbocycles. The second-order valence-corrected chi connectivity index (χ2v) is 5.84. The highest BCUT2D eigenvalue weighted by molar-refractivity contribution is 5.75. The van der Waals surface area contributed by atoms with Crippen LogP contribution in [0.25, 0.3) is 0 Å². The molecule has 0 saturated carbocycles. The maximum Gasteiger partial charge on any atom is 0.333 e. The third kappa shape index (κ3) is 6.63. The van der Waals surface area contributed by atoms with Crippen LogP contribution in [0.2, 0.25) is 0 Å². The Morgan fingerprint density at radius 2 is 2.19 bits per heavy atom. The van der Waals surface area contributed by atoms with E-state index in [9.17, 15) is 9.90 Å². The minimum Gasteiger partial charge on any atom is -0.393 e. The molecule has 6 heteroatoms. The number of hydrazine groups is 1. The molecule has 6 nitrogen and oxygen atoms in total. The van der Waals surface area contributed by atoms with Gasteiger partial charge in [0.05, 0.1) is 23.4 Å². The van der Waals surface area contributed by atoms with Gasteiger partial charge in [0.15, 0.2) is 0 Å². The molecule has 0 fully saturated rings. The number of aliphatic hydroxyl groups is 1. The molecule has 0 aliphatic heterocycles. The van der Waals surface area contributed by atoms with Gasteiger partial charge in [-0.25, -0.2) is 4.79 Å². The van der Waals surface area contributed by atoms with Crippen LogP contribution in [0, 0.1) is 16.7 Å². The van der Waals surface area contributed by atoms with Crippen molar-refractivity contribution in [2.24, 2.45) is 5.41 Å². The lowest BCUT2D eigenvalue weighted by Crippen LogP contribution is -2.43. The van der Waals surface area contributed by atoms with Gasteiger partial charge in [-0.15, -0.1) is 0 Å². The van der Waals surface area contributed by atoms with Crippen LogP contribution in [0.5, 0.6) is 0 Å². The molecular formula is C15H22N4O2. The number of nitrogens with one attached hydrogen (secondary N) is 3. The van der Waals surface area contributed by atoms with Gasteiger partial charge in [0.1, 0.15) is 0 Å². The number of benzene rings is 1. The molecule has 1 rings (SSSR count). The molecule has 1 atom stereocenters. The van der Waals surface area contributed by atoms with Crippen LogP contribution in [0.3, 0.4) is 0 Å². The van der Waals surface area contributed by atoms with E-state index >= 15 is 0 Å². The number of nitrogens with zero attached hydrogens (tertiary/aromatic N) is 1. The lowest BCUT2D eigenvalue weighted by Gasteiger charge is -2.26. The number of amides is 2. The van der Waals surface area contributed by atoms with E-state index in [0.29, 0.717) is 24.2 Å². The van der Waals surface area contributed by atoms with Crippen molar-refractivity contribution in [1.29, 1.82) is 5.26 Å². The van der Waals surface area contributed by atoms with E-state index in [1.807, 2.05) is 19.9 Å². The molecule has 0 heterocycles. The normalized spacial score (nSPS) is 12.1. The molecule has 0 radical (unpaired) electrons. The molecular weight excluding hydrogens is 268 g/mol. The summed E-state index contributed by atoms with van der Waals surface area (Å²) in [5.74, 6) is 0. The summed E-state index contributed by atoms with van der Waals surface area (Å²) in [6, 6.07) is 8.46. The van der Waals surface area contributed by atoms with Gasteiger partial charge < -0.3 is 10.4 Å². The Morgan fingerprint density at radius 3 is 2.81 bits per heavy atom. The maximum absolute atomic E-state index is 11.7. The van der Waals surface area contributed by atoms with Gasteiger partial charge in [-0.1, -0.05) is 19.9 Å². The zero-order chi connectivity index (χ0) is 15.9. The summed E-state index contributed by atoms with van der Waals surface area (Å²) in [6.07, 6.45) is 0.196. The van der Waals surface area contributed by atoms with Crippen LogP contribution in [0.4, 0.5) is 10.5 Å². The van der Waals surface area contributed by atoms with Gasteiger partial charge in [0, 0.05) is 6.54 Å². The van der Waals surface area contributed by atoms with Gasteiger partial charge in [-0.2, -0.15) is 5.26 Å². The third-order valence-corrected chi connectivity index (χ3v) is 2.89. The Hall–Kier alpha value is -2.26. The van der Waals surface area contributed by atoms with Crippen LogP contribution in [0.1, 0.15) is 32.8 Å². The predicted octanol–water partition coefficient (Wildman–Crippen LogP) is 1.98. The summed E-state index contributed by atoms with van der Waals surface area (Å²) in [4.78, 5) is 11.7. The van der Waals surface area contributed by atoms with E-state index in [2.05, 4.69) is 16.2 Å². The van der Waals surface area contributed by atoms with Gasteiger partial charge in [0.25, 0.3) is 0 Å².